The first kappa shape index (κ1) is 13.1. The topological polar surface area (TPSA) is 26.0 Å². The van der Waals surface area contributed by atoms with Crippen LogP contribution in [0.2, 0.25) is 0 Å². The fraction of sp³-hybridized carbons (Fsp3) is 1.00. The summed E-state index contributed by atoms with van der Waals surface area (Å²) in [5.74, 6) is 1.31. The second-order valence-corrected chi connectivity index (χ2v) is 4.11. The van der Waals surface area contributed by atoms with Gasteiger partial charge >= 0.3 is 6.18 Å². The molecule has 1 atom stereocenters. The lowest BCUT2D eigenvalue weighted by atomic mass is 10.3. The normalized spacial score (nSPS) is 14.5. The van der Waals surface area contributed by atoms with Gasteiger partial charge in [0.25, 0.3) is 0 Å². The number of alkyl halides is 3. The summed E-state index contributed by atoms with van der Waals surface area (Å²) in [4.78, 5) is 0. The average Bonchev–Trinajstić information content (AvgIpc) is 2.01. The zero-order chi connectivity index (χ0) is 10.3. The maximum absolute atomic E-state index is 11.7. The fourth-order valence-corrected chi connectivity index (χ4v) is 1.78. The largest absolute Gasteiger partial charge is 0.389 e. The Hall–Kier alpha value is 0.100. The number of hydrogen-bond acceptors (Lipinski definition) is 2. The van der Waals surface area contributed by atoms with Gasteiger partial charge in [0.15, 0.2) is 0 Å². The van der Waals surface area contributed by atoms with E-state index in [1.54, 1.807) is 0 Å². The molecule has 0 saturated carbocycles. The van der Waals surface area contributed by atoms with Gasteiger partial charge in [0.1, 0.15) is 0 Å². The van der Waals surface area contributed by atoms with Crippen molar-refractivity contribution in [2.75, 3.05) is 11.5 Å². The third-order valence-electron chi connectivity index (χ3n) is 1.61. The van der Waals surface area contributed by atoms with Gasteiger partial charge in [-0.15, -0.1) is 0 Å². The molecular weight excluding hydrogens is 199 g/mol. The molecule has 0 radical (unpaired) electrons. The fourth-order valence-electron chi connectivity index (χ4n) is 0.727. The first-order valence-corrected chi connectivity index (χ1v) is 5.51. The van der Waals surface area contributed by atoms with Crippen molar-refractivity contribution in [3.05, 3.63) is 0 Å². The average molecular weight is 215 g/mol. The first-order chi connectivity index (χ1) is 5.95. The Morgan fingerprint density at radius 3 is 2.46 bits per heavy atom. The minimum absolute atomic E-state index is 0.121. The van der Waals surface area contributed by atoms with Crippen LogP contribution in [-0.4, -0.2) is 23.7 Å². The lowest BCUT2D eigenvalue weighted by Gasteiger charge is -2.08. The predicted molar refractivity (Wildman–Crippen MR) is 50.9 cm³/mol. The van der Waals surface area contributed by atoms with Gasteiger partial charge in [0.05, 0.1) is 0 Å². The van der Waals surface area contributed by atoms with E-state index in [4.69, 9.17) is 5.73 Å². The van der Waals surface area contributed by atoms with Crippen LogP contribution in [0.25, 0.3) is 0 Å². The quantitative estimate of drug-likeness (QED) is 0.689. The van der Waals surface area contributed by atoms with E-state index in [0.717, 1.165) is 12.2 Å². The van der Waals surface area contributed by atoms with E-state index in [1.165, 1.54) is 11.8 Å². The Labute approximate surface area is 81.3 Å². The minimum Gasteiger partial charge on any atom is -0.327 e. The van der Waals surface area contributed by atoms with Gasteiger partial charge in [0, 0.05) is 18.2 Å². The second kappa shape index (κ2) is 6.54. The van der Waals surface area contributed by atoms with Crippen molar-refractivity contribution in [2.45, 2.75) is 38.4 Å². The lowest BCUT2D eigenvalue weighted by molar-refractivity contribution is -0.134. The van der Waals surface area contributed by atoms with Crippen LogP contribution >= 0.6 is 11.8 Å². The van der Waals surface area contributed by atoms with Crippen molar-refractivity contribution in [3.8, 4) is 0 Å². The Morgan fingerprint density at radius 1 is 1.38 bits per heavy atom. The summed E-state index contributed by atoms with van der Waals surface area (Å²) in [6.45, 7) is 1.97. The van der Waals surface area contributed by atoms with Gasteiger partial charge in [-0.25, -0.2) is 0 Å². The summed E-state index contributed by atoms with van der Waals surface area (Å²) in [7, 11) is 0. The molecule has 0 aromatic rings. The van der Waals surface area contributed by atoms with Gasteiger partial charge in [-0.3, -0.25) is 0 Å². The standard InChI is InChI=1S/C8H16F3NS/c1-2-7(12)6-13-5-3-4-8(9,10)11/h7H,2-6,12H2,1H3. The van der Waals surface area contributed by atoms with E-state index in [0.29, 0.717) is 5.75 Å². The van der Waals surface area contributed by atoms with E-state index in [-0.39, 0.29) is 12.5 Å². The Morgan fingerprint density at radius 2 is 2.00 bits per heavy atom. The molecule has 0 amide bonds. The number of halogens is 3. The molecule has 0 aliphatic heterocycles. The van der Waals surface area contributed by atoms with Crippen molar-refractivity contribution in [2.24, 2.45) is 5.73 Å². The molecule has 0 spiro atoms. The van der Waals surface area contributed by atoms with Crippen LogP contribution in [0.1, 0.15) is 26.2 Å². The van der Waals surface area contributed by atoms with Crippen LogP contribution in [0.4, 0.5) is 13.2 Å². The third-order valence-corrected chi connectivity index (χ3v) is 2.85. The third kappa shape index (κ3) is 10.0. The Kier molecular flexibility index (Phi) is 6.59. The maximum atomic E-state index is 11.7. The molecular formula is C8H16F3NS. The molecule has 1 nitrogen and oxygen atoms in total. The molecule has 0 saturated heterocycles. The molecule has 13 heavy (non-hydrogen) atoms. The van der Waals surface area contributed by atoms with Crippen LogP contribution in [0, 0.1) is 0 Å². The van der Waals surface area contributed by atoms with Crippen LogP contribution in [-0.2, 0) is 0 Å². The van der Waals surface area contributed by atoms with Crippen LogP contribution in [0.15, 0.2) is 0 Å². The van der Waals surface area contributed by atoms with E-state index < -0.39 is 12.6 Å². The summed E-state index contributed by atoms with van der Waals surface area (Å²) < 4.78 is 35.0. The molecule has 0 aliphatic rings. The van der Waals surface area contributed by atoms with Gasteiger partial charge in [-0.1, -0.05) is 6.92 Å². The van der Waals surface area contributed by atoms with Gasteiger partial charge < -0.3 is 5.73 Å². The summed E-state index contributed by atoms with van der Waals surface area (Å²) in [6, 6.07) is 0.121. The molecule has 5 heteroatoms. The molecule has 0 aliphatic carbocycles. The van der Waals surface area contributed by atoms with Crippen molar-refractivity contribution in [3.63, 3.8) is 0 Å². The smallest absolute Gasteiger partial charge is 0.327 e. The van der Waals surface area contributed by atoms with Gasteiger partial charge in [0.2, 0.25) is 0 Å². The summed E-state index contributed by atoms with van der Waals surface area (Å²) in [6.07, 6.45) is -3.61. The molecule has 0 fully saturated rings. The van der Waals surface area contributed by atoms with Crippen LogP contribution in [0.5, 0.6) is 0 Å². The molecule has 80 valence electrons. The highest BCUT2D eigenvalue weighted by Crippen LogP contribution is 2.22. The highest BCUT2D eigenvalue weighted by molar-refractivity contribution is 7.99. The first-order valence-electron chi connectivity index (χ1n) is 4.35. The Balaban J connectivity index is 3.18. The van der Waals surface area contributed by atoms with Crippen LogP contribution < -0.4 is 5.73 Å². The Bertz CT molecular complexity index is 127. The zero-order valence-electron chi connectivity index (χ0n) is 7.73. The summed E-state index contributed by atoms with van der Waals surface area (Å²) >= 11 is 1.50. The van der Waals surface area contributed by atoms with E-state index >= 15 is 0 Å². The second-order valence-electron chi connectivity index (χ2n) is 2.96. The summed E-state index contributed by atoms with van der Waals surface area (Å²) in [5, 5.41) is 0. The number of hydrogen-bond donors (Lipinski definition) is 1. The number of thioether (sulfide) groups is 1. The SMILES string of the molecule is CCC(N)CSCCCC(F)(F)F. The molecule has 2 N–H and O–H groups in total. The highest BCUT2D eigenvalue weighted by atomic mass is 32.2. The number of rotatable bonds is 6. The van der Waals surface area contributed by atoms with E-state index in [9.17, 15) is 13.2 Å². The highest BCUT2D eigenvalue weighted by Gasteiger charge is 2.25. The van der Waals surface area contributed by atoms with Gasteiger partial charge in [-0.05, 0) is 18.6 Å². The summed E-state index contributed by atoms with van der Waals surface area (Å²) in [5.41, 5.74) is 5.60. The van der Waals surface area contributed by atoms with Crippen molar-refractivity contribution < 1.29 is 13.2 Å². The monoisotopic (exact) mass is 215 g/mol. The molecule has 0 aromatic heterocycles. The van der Waals surface area contributed by atoms with Crippen molar-refractivity contribution in [1.29, 1.82) is 0 Å². The minimum atomic E-state index is -4.01. The number of nitrogens with two attached hydrogens (primary N) is 1. The molecule has 0 bridgehead atoms. The van der Waals surface area contributed by atoms with E-state index in [1.807, 2.05) is 6.92 Å². The van der Waals surface area contributed by atoms with E-state index in [2.05, 4.69) is 0 Å². The van der Waals surface area contributed by atoms with Gasteiger partial charge in [-0.2, -0.15) is 24.9 Å². The molecule has 0 heterocycles. The molecule has 0 aromatic carbocycles. The van der Waals surface area contributed by atoms with Crippen LogP contribution in [0.3, 0.4) is 0 Å². The predicted octanol–water partition coefficient (Wildman–Crippen LogP) is 2.80. The van der Waals surface area contributed by atoms with Crippen molar-refractivity contribution >= 4 is 11.8 Å². The lowest BCUT2D eigenvalue weighted by Crippen LogP contribution is -2.21. The van der Waals surface area contributed by atoms with Crippen molar-refractivity contribution in [1.82, 2.24) is 0 Å². The zero-order valence-corrected chi connectivity index (χ0v) is 8.55. The molecule has 1 unspecified atom stereocenters. The molecule has 0 rings (SSSR count). The maximum Gasteiger partial charge on any atom is 0.389 e.